The lowest BCUT2D eigenvalue weighted by Crippen LogP contribution is -2.42. The second kappa shape index (κ2) is 12.2. The number of hydrogen-bond acceptors (Lipinski definition) is 4. The van der Waals surface area contributed by atoms with E-state index in [4.69, 9.17) is 0 Å². The summed E-state index contributed by atoms with van der Waals surface area (Å²) in [6.45, 7) is -1.49. The van der Waals surface area contributed by atoms with Gasteiger partial charge in [0.2, 0.25) is 0 Å². The first-order valence-corrected chi connectivity index (χ1v) is 9.44. The topological polar surface area (TPSA) is 40.1 Å². The lowest BCUT2D eigenvalue weighted by molar-refractivity contribution is -0.0498. The molecule has 0 saturated carbocycles. The van der Waals surface area contributed by atoms with E-state index in [1.165, 1.54) is 4.88 Å². The van der Waals surface area contributed by atoms with Crippen LogP contribution in [0, 0.1) is 0 Å². The fraction of sp³-hybridized carbons (Fsp3) is 0.421. The molecule has 0 aliphatic rings. The van der Waals surface area contributed by atoms with Gasteiger partial charge in [0, 0.05) is 32.1 Å². The molecular formula is C19H27F2IN4OS. The third-order valence-corrected chi connectivity index (χ3v) is 5.06. The Kier molecular flexibility index (Phi) is 10.7. The van der Waals surface area contributed by atoms with E-state index in [-0.39, 0.29) is 35.8 Å². The van der Waals surface area contributed by atoms with Gasteiger partial charge in [0.25, 0.3) is 0 Å². The monoisotopic (exact) mass is 524 g/mol. The van der Waals surface area contributed by atoms with Crippen molar-refractivity contribution >= 4 is 41.3 Å². The number of rotatable bonds is 8. The van der Waals surface area contributed by atoms with Crippen molar-refractivity contribution in [3.63, 3.8) is 0 Å². The molecule has 0 fully saturated rings. The molecule has 0 amide bonds. The Balaban J connectivity index is 0.00000392. The molecule has 9 heteroatoms. The molecule has 1 heterocycles. The minimum atomic E-state index is -2.81. The molecule has 1 aromatic carbocycles. The Morgan fingerprint density at radius 2 is 1.86 bits per heavy atom. The number of guanidine groups is 1. The number of aliphatic imine (C=N–C) groups is 1. The largest absolute Gasteiger partial charge is 0.435 e. The molecule has 2 rings (SSSR count). The second-order valence-electron chi connectivity index (χ2n) is 6.30. The summed E-state index contributed by atoms with van der Waals surface area (Å²) in [6, 6.07) is 11.1. The van der Waals surface area contributed by atoms with Gasteiger partial charge >= 0.3 is 6.61 Å². The molecule has 28 heavy (non-hydrogen) atoms. The van der Waals surface area contributed by atoms with Gasteiger partial charge in [-0.15, -0.1) is 35.3 Å². The molecule has 0 radical (unpaired) electrons. The van der Waals surface area contributed by atoms with Gasteiger partial charge in [0.1, 0.15) is 5.75 Å². The van der Waals surface area contributed by atoms with Gasteiger partial charge in [-0.05, 0) is 43.2 Å². The Labute approximate surface area is 186 Å². The summed E-state index contributed by atoms with van der Waals surface area (Å²) in [6.07, 6.45) is 0. The first kappa shape index (κ1) is 24.6. The van der Waals surface area contributed by atoms with E-state index in [2.05, 4.69) is 51.6 Å². The third kappa shape index (κ3) is 7.51. The highest BCUT2D eigenvalue weighted by atomic mass is 127. The number of likely N-dealkylation sites (N-methyl/N-ethyl adjacent to an activating group) is 1. The average molecular weight is 524 g/mol. The second-order valence-corrected chi connectivity index (χ2v) is 7.28. The maximum Gasteiger partial charge on any atom is 0.387 e. The SMILES string of the molecule is CN=C(NCC(c1cccs1)N(C)C)N(C)Cc1ccc(OC(F)F)cc1.I. The van der Waals surface area contributed by atoms with Crippen LogP contribution in [0.15, 0.2) is 46.8 Å². The van der Waals surface area contributed by atoms with Gasteiger partial charge in [0.15, 0.2) is 5.96 Å². The van der Waals surface area contributed by atoms with E-state index < -0.39 is 6.61 Å². The maximum atomic E-state index is 12.2. The highest BCUT2D eigenvalue weighted by Gasteiger charge is 2.17. The number of ether oxygens (including phenoxy) is 1. The number of nitrogens with one attached hydrogen (secondary N) is 1. The highest BCUT2D eigenvalue weighted by molar-refractivity contribution is 14.0. The molecule has 1 N–H and O–H groups in total. The van der Waals surface area contributed by atoms with Crippen molar-refractivity contribution < 1.29 is 13.5 Å². The molecule has 0 aliphatic heterocycles. The van der Waals surface area contributed by atoms with E-state index in [1.807, 2.05) is 11.9 Å². The molecule has 156 valence electrons. The van der Waals surface area contributed by atoms with Crippen molar-refractivity contribution in [1.82, 2.24) is 15.1 Å². The van der Waals surface area contributed by atoms with Gasteiger partial charge in [-0.3, -0.25) is 4.99 Å². The van der Waals surface area contributed by atoms with Gasteiger partial charge in [0.05, 0.1) is 6.04 Å². The van der Waals surface area contributed by atoms with E-state index in [9.17, 15) is 8.78 Å². The fourth-order valence-electron chi connectivity index (χ4n) is 2.72. The summed E-state index contributed by atoms with van der Waals surface area (Å²) in [7, 11) is 7.80. The number of hydrogen-bond donors (Lipinski definition) is 1. The van der Waals surface area contributed by atoms with Crippen LogP contribution in [-0.2, 0) is 6.54 Å². The summed E-state index contributed by atoms with van der Waals surface area (Å²) >= 11 is 1.73. The van der Waals surface area contributed by atoms with Crippen molar-refractivity contribution in [1.29, 1.82) is 0 Å². The molecule has 1 atom stereocenters. The van der Waals surface area contributed by atoms with Crippen LogP contribution in [0.2, 0.25) is 0 Å². The molecular weight excluding hydrogens is 497 g/mol. The van der Waals surface area contributed by atoms with Gasteiger partial charge in [-0.25, -0.2) is 0 Å². The van der Waals surface area contributed by atoms with Crippen LogP contribution in [0.5, 0.6) is 5.75 Å². The Morgan fingerprint density at radius 1 is 1.18 bits per heavy atom. The quantitative estimate of drug-likeness (QED) is 0.318. The van der Waals surface area contributed by atoms with Crippen molar-refractivity contribution in [2.45, 2.75) is 19.2 Å². The first-order chi connectivity index (χ1) is 12.9. The fourth-order valence-corrected chi connectivity index (χ4v) is 3.64. The number of benzene rings is 1. The summed E-state index contributed by atoms with van der Waals surface area (Å²) in [5.74, 6) is 0.926. The first-order valence-electron chi connectivity index (χ1n) is 8.56. The van der Waals surface area contributed by atoms with Gasteiger partial charge in [-0.1, -0.05) is 18.2 Å². The maximum absolute atomic E-state index is 12.2. The van der Waals surface area contributed by atoms with Crippen LogP contribution in [0.1, 0.15) is 16.5 Å². The van der Waals surface area contributed by atoms with Crippen LogP contribution in [0.25, 0.3) is 0 Å². The van der Waals surface area contributed by atoms with Crippen LogP contribution < -0.4 is 10.1 Å². The molecule has 5 nitrogen and oxygen atoms in total. The third-order valence-electron chi connectivity index (χ3n) is 4.09. The van der Waals surface area contributed by atoms with E-state index in [0.29, 0.717) is 6.54 Å². The summed E-state index contributed by atoms with van der Waals surface area (Å²) < 4.78 is 28.8. The zero-order valence-corrected chi connectivity index (χ0v) is 19.6. The van der Waals surface area contributed by atoms with E-state index >= 15 is 0 Å². The molecule has 0 spiro atoms. The van der Waals surface area contributed by atoms with Crippen molar-refractivity contribution in [2.24, 2.45) is 4.99 Å². The standard InChI is InChI=1S/C19H26F2N4OS.HI/c1-22-19(23-12-16(24(2)3)17-6-5-11-27-17)25(4)13-14-7-9-15(10-8-14)26-18(20)21;/h5-11,16,18H,12-13H2,1-4H3,(H,22,23);1H. The Bertz CT molecular complexity index is 711. The lowest BCUT2D eigenvalue weighted by Gasteiger charge is -2.27. The molecule has 0 aliphatic carbocycles. The summed E-state index contributed by atoms with van der Waals surface area (Å²) in [5.41, 5.74) is 0.976. The highest BCUT2D eigenvalue weighted by Crippen LogP contribution is 2.22. The molecule has 2 aromatic rings. The smallest absolute Gasteiger partial charge is 0.387 e. The molecule has 1 aromatic heterocycles. The predicted molar refractivity (Wildman–Crippen MR) is 122 cm³/mol. The van der Waals surface area contributed by atoms with E-state index in [0.717, 1.165) is 18.1 Å². The lowest BCUT2D eigenvalue weighted by atomic mass is 10.2. The van der Waals surface area contributed by atoms with Crippen molar-refractivity contribution in [2.75, 3.05) is 34.7 Å². The zero-order chi connectivity index (χ0) is 19.8. The number of thiophene rings is 1. The summed E-state index contributed by atoms with van der Waals surface area (Å²) in [5, 5.41) is 5.49. The van der Waals surface area contributed by atoms with E-state index in [1.54, 1.807) is 42.6 Å². The minimum absolute atomic E-state index is 0. The Hall–Kier alpha value is -1.46. The summed E-state index contributed by atoms with van der Waals surface area (Å²) in [4.78, 5) is 9.80. The average Bonchev–Trinajstić information content (AvgIpc) is 3.13. The molecule has 1 unspecified atom stereocenters. The molecule has 0 bridgehead atoms. The number of alkyl halides is 2. The van der Waals surface area contributed by atoms with Gasteiger partial charge < -0.3 is 19.9 Å². The Morgan fingerprint density at radius 3 is 2.36 bits per heavy atom. The van der Waals surface area contributed by atoms with Crippen molar-refractivity contribution in [3.05, 3.63) is 52.2 Å². The van der Waals surface area contributed by atoms with Gasteiger partial charge in [-0.2, -0.15) is 8.78 Å². The zero-order valence-electron chi connectivity index (χ0n) is 16.4. The predicted octanol–water partition coefficient (Wildman–Crippen LogP) is 4.28. The number of nitrogens with zero attached hydrogens (tertiary/aromatic N) is 3. The van der Waals surface area contributed by atoms with Crippen LogP contribution >= 0.6 is 35.3 Å². The van der Waals surface area contributed by atoms with Crippen LogP contribution in [0.3, 0.4) is 0 Å². The van der Waals surface area contributed by atoms with Crippen LogP contribution in [-0.4, -0.2) is 57.1 Å². The molecule has 0 saturated heterocycles. The van der Waals surface area contributed by atoms with Crippen LogP contribution in [0.4, 0.5) is 8.78 Å². The van der Waals surface area contributed by atoms with Crippen molar-refractivity contribution in [3.8, 4) is 5.75 Å². The number of halogens is 3. The minimum Gasteiger partial charge on any atom is -0.435 e. The normalized spacial score (nSPS) is 12.6.